The molecule has 1 N–H and O–H groups in total. The van der Waals surface area contributed by atoms with Crippen LogP contribution in [0.15, 0.2) is 0 Å². The summed E-state index contributed by atoms with van der Waals surface area (Å²) in [4.78, 5) is 11.3. The van der Waals surface area contributed by atoms with Crippen molar-refractivity contribution in [3.05, 3.63) is 0 Å². The predicted molar refractivity (Wildman–Crippen MR) is 57.0 cm³/mol. The second-order valence-corrected chi connectivity index (χ2v) is 5.11. The first-order valence-electron chi connectivity index (χ1n) is 4.68. The largest absolute Gasteiger partial charge is 0.356 e. The fourth-order valence-electron chi connectivity index (χ4n) is 0.887. The molecular formula is C10H20ClNO. The van der Waals surface area contributed by atoms with Crippen molar-refractivity contribution in [1.29, 1.82) is 0 Å². The van der Waals surface area contributed by atoms with Crippen LogP contribution in [0.25, 0.3) is 0 Å². The summed E-state index contributed by atoms with van der Waals surface area (Å²) >= 11 is 5.62. The fourth-order valence-corrected chi connectivity index (χ4v) is 0.996. The molecule has 78 valence electrons. The van der Waals surface area contributed by atoms with E-state index >= 15 is 0 Å². The van der Waals surface area contributed by atoms with Gasteiger partial charge in [-0.2, -0.15) is 0 Å². The Labute approximate surface area is 86.0 Å². The van der Waals surface area contributed by atoms with Crippen LogP contribution in [0.3, 0.4) is 0 Å². The number of hydrogen-bond acceptors (Lipinski definition) is 1. The van der Waals surface area contributed by atoms with Gasteiger partial charge in [0.2, 0.25) is 5.91 Å². The van der Waals surface area contributed by atoms with E-state index in [1.54, 1.807) is 0 Å². The van der Waals surface area contributed by atoms with Crippen molar-refractivity contribution in [2.45, 2.75) is 34.1 Å². The molecule has 0 saturated heterocycles. The van der Waals surface area contributed by atoms with Gasteiger partial charge in [-0.05, 0) is 11.3 Å². The lowest BCUT2D eigenvalue weighted by Gasteiger charge is -2.18. The van der Waals surface area contributed by atoms with E-state index < -0.39 is 0 Å². The summed E-state index contributed by atoms with van der Waals surface area (Å²) < 4.78 is 0. The van der Waals surface area contributed by atoms with E-state index in [1.807, 2.05) is 6.92 Å². The first kappa shape index (κ1) is 12.8. The summed E-state index contributed by atoms with van der Waals surface area (Å²) in [5, 5.41) is 2.87. The molecule has 0 aromatic rings. The maximum Gasteiger partial charge on any atom is 0.220 e. The zero-order valence-electron chi connectivity index (χ0n) is 8.98. The molecule has 0 aliphatic carbocycles. The highest BCUT2D eigenvalue weighted by Gasteiger charge is 2.15. The van der Waals surface area contributed by atoms with Crippen LogP contribution in [0, 0.1) is 11.3 Å². The zero-order chi connectivity index (χ0) is 10.5. The first-order valence-corrected chi connectivity index (χ1v) is 5.21. The van der Waals surface area contributed by atoms with Crippen LogP contribution >= 0.6 is 11.6 Å². The molecule has 0 spiro atoms. The van der Waals surface area contributed by atoms with E-state index in [4.69, 9.17) is 11.6 Å². The van der Waals surface area contributed by atoms with Crippen molar-refractivity contribution in [1.82, 2.24) is 5.32 Å². The number of carbonyl (C=O) groups is 1. The molecule has 0 aliphatic heterocycles. The standard InChI is InChI=1S/C10H20ClNO/c1-8(6-11)7-12-9(13)5-10(2,3)4/h8H,5-7H2,1-4H3,(H,12,13). The van der Waals surface area contributed by atoms with E-state index in [0.717, 1.165) is 0 Å². The van der Waals surface area contributed by atoms with Crippen molar-refractivity contribution in [3.8, 4) is 0 Å². The van der Waals surface area contributed by atoms with Crippen LogP contribution in [0.1, 0.15) is 34.1 Å². The summed E-state index contributed by atoms with van der Waals surface area (Å²) in [6.45, 7) is 8.86. The topological polar surface area (TPSA) is 29.1 Å². The van der Waals surface area contributed by atoms with Crippen LogP contribution in [0.5, 0.6) is 0 Å². The molecule has 0 rings (SSSR count). The molecule has 0 radical (unpaired) electrons. The van der Waals surface area contributed by atoms with Gasteiger partial charge in [0.05, 0.1) is 0 Å². The molecule has 0 aromatic heterocycles. The van der Waals surface area contributed by atoms with Gasteiger partial charge in [0.1, 0.15) is 0 Å². The number of halogens is 1. The van der Waals surface area contributed by atoms with Gasteiger partial charge in [-0.15, -0.1) is 11.6 Å². The Bertz CT molecular complexity index is 163. The van der Waals surface area contributed by atoms with E-state index in [-0.39, 0.29) is 11.3 Å². The minimum Gasteiger partial charge on any atom is -0.356 e. The van der Waals surface area contributed by atoms with E-state index in [9.17, 15) is 4.79 Å². The van der Waals surface area contributed by atoms with Gasteiger partial charge in [0, 0.05) is 18.8 Å². The molecule has 1 unspecified atom stereocenters. The lowest BCUT2D eigenvalue weighted by atomic mass is 9.92. The minimum atomic E-state index is 0.0638. The number of carbonyl (C=O) groups excluding carboxylic acids is 1. The second kappa shape index (κ2) is 5.48. The first-order chi connectivity index (χ1) is 5.85. The predicted octanol–water partition coefficient (Wildman–Crippen LogP) is 2.41. The summed E-state index contributed by atoms with van der Waals surface area (Å²) in [6, 6.07) is 0. The average Bonchev–Trinajstić information content (AvgIpc) is 1.97. The number of nitrogens with one attached hydrogen (secondary N) is 1. The van der Waals surface area contributed by atoms with Crippen molar-refractivity contribution in [3.63, 3.8) is 0 Å². The van der Waals surface area contributed by atoms with E-state index in [0.29, 0.717) is 24.8 Å². The highest BCUT2D eigenvalue weighted by molar-refractivity contribution is 6.18. The third-order valence-corrected chi connectivity index (χ3v) is 2.13. The molecule has 2 nitrogen and oxygen atoms in total. The van der Waals surface area contributed by atoms with Gasteiger partial charge in [0.25, 0.3) is 0 Å². The Morgan fingerprint density at radius 3 is 2.38 bits per heavy atom. The summed E-state index contributed by atoms with van der Waals surface area (Å²) in [5.41, 5.74) is 0.0638. The Kier molecular flexibility index (Phi) is 5.38. The Morgan fingerprint density at radius 1 is 1.46 bits per heavy atom. The fraction of sp³-hybridized carbons (Fsp3) is 0.900. The molecule has 0 heterocycles. The molecule has 1 atom stereocenters. The molecule has 0 aromatic carbocycles. The molecule has 0 saturated carbocycles. The quantitative estimate of drug-likeness (QED) is 0.702. The summed E-state index contributed by atoms with van der Waals surface area (Å²) in [7, 11) is 0. The maximum absolute atomic E-state index is 11.3. The minimum absolute atomic E-state index is 0.0638. The smallest absolute Gasteiger partial charge is 0.220 e. The van der Waals surface area contributed by atoms with Crippen LogP contribution < -0.4 is 5.32 Å². The maximum atomic E-state index is 11.3. The molecule has 0 aliphatic rings. The van der Waals surface area contributed by atoms with Gasteiger partial charge in [0.15, 0.2) is 0 Å². The lowest BCUT2D eigenvalue weighted by molar-refractivity contribution is -0.122. The Hall–Kier alpha value is -0.240. The summed E-state index contributed by atoms with van der Waals surface area (Å²) in [5.74, 6) is 1.06. The Morgan fingerprint density at radius 2 is 2.00 bits per heavy atom. The summed E-state index contributed by atoms with van der Waals surface area (Å²) in [6.07, 6.45) is 0.571. The van der Waals surface area contributed by atoms with Crippen molar-refractivity contribution >= 4 is 17.5 Å². The van der Waals surface area contributed by atoms with Gasteiger partial charge in [-0.1, -0.05) is 27.7 Å². The monoisotopic (exact) mass is 205 g/mol. The molecule has 3 heteroatoms. The lowest BCUT2D eigenvalue weighted by Crippen LogP contribution is -2.31. The average molecular weight is 206 g/mol. The third-order valence-electron chi connectivity index (χ3n) is 1.60. The molecule has 1 amide bonds. The number of alkyl halides is 1. The molecule has 0 fully saturated rings. The zero-order valence-corrected chi connectivity index (χ0v) is 9.74. The van der Waals surface area contributed by atoms with Gasteiger partial charge < -0.3 is 5.32 Å². The second-order valence-electron chi connectivity index (χ2n) is 4.80. The van der Waals surface area contributed by atoms with Crippen molar-refractivity contribution in [2.24, 2.45) is 11.3 Å². The molecular weight excluding hydrogens is 186 g/mol. The highest BCUT2D eigenvalue weighted by atomic mass is 35.5. The number of amides is 1. The SMILES string of the molecule is CC(CCl)CNC(=O)CC(C)(C)C. The van der Waals surface area contributed by atoms with E-state index in [1.165, 1.54) is 0 Å². The van der Waals surface area contributed by atoms with Crippen LogP contribution in [0.2, 0.25) is 0 Å². The third kappa shape index (κ3) is 8.10. The molecule has 0 bridgehead atoms. The number of rotatable bonds is 4. The number of hydrogen-bond donors (Lipinski definition) is 1. The normalized spacial score (nSPS) is 13.9. The van der Waals surface area contributed by atoms with Gasteiger partial charge in [-0.3, -0.25) is 4.79 Å². The Balaban J connectivity index is 3.64. The van der Waals surface area contributed by atoms with Gasteiger partial charge >= 0.3 is 0 Å². The highest BCUT2D eigenvalue weighted by Crippen LogP contribution is 2.17. The van der Waals surface area contributed by atoms with Crippen molar-refractivity contribution in [2.75, 3.05) is 12.4 Å². The van der Waals surface area contributed by atoms with Crippen LogP contribution in [0.4, 0.5) is 0 Å². The van der Waals surface area contributed by atoms with Crippen LogP contribution in [-0.2, 0) is 4.79 Å². The van der Waals surface area contributed by atoms with E-state index in [2.05, 4.69) is 26.1 Å². The van der Waals surface area contributed by atoms with Gasteiger partial charge in [-0.25, -0.2) is 0 Å². The van der Waals surface area contributed by atoms with Crippen LogP contribution in [-0.4, -0.2) is 18.3 Å². The van der Waals surface area contributed by atoms with Crippen molar-refractivity contribution < 1.29 is 4.79 Å². The molecule has 13 heavy (non-hydrogen) atoms.